The lowest BCUT2D eigenvalue weighted by Gasteiger charge is -2.37. The van der Waals surface area contributed by atoms with E-state index in [0.717, 1.165) is 18.5 Å². The zero-order valence-electron chi connectivity index (χ0n) is 11.7. The number of amides is 1. The summed E-state index contributed by atoms with van der Waals surface area (Å²) < 4.78 is 4.97. The van der Waals surface area contributed by atoms with Gasteiger partial charge in [-0.25, -0.2) is 0 Å². The number of carbonyl (C=O) groups is 1. The van der Waals surface area contributed by atoms with Crippen molar-refractivity contribution in [1.29, 1.82) is 0 Å². The number of hydrogen-bond acceptors (Lipinski definition) is 4. The van der Waals surface area contributed by atoms with Crippen LogP contribution in [0.15, 0.2) is 22.2 Å². The lowest BCUT2D eigenvalue weighted by atomic mass is 9.96. The third-order valence-electron chi connectivity index (χ3n) is 4.24. The molecular weight excluding hydrogens is 256 g/mol. The standard InChI is InChI=1S/C15H20N2O3/c1-10-2-3-11(4-10)5-15(19)17-7-12(8-17)14-6-13(9-18)20-16-14/h5-6,10,12,18H,2-4,7-9H2,1H3/b11-5+. The van der Waals surface area contributed by atoms with Gasteiger partial charge < -0.3 is 14.5 Å². The second-order valence-corrected chi connectivity index (χ2v) is 5.97. The Kier molecular flexibility index (Phi) is 3.61. The molecule has 2 heterocycles. The molecule has 5 heteroatoms. The summed E-state index contributed by atoms with van der Waals surface area (Å²) in [5.74, 6) is 1.55. The van der Waals surface area contributed by atoms with E-state index in [1.165, 1.54) is 12.0 Å². The van der Waals surface area contributed by atoms with Gasteiger partial charge in [-0.3, -0.25) is 4.79 Å². The molecule has 0 radical (unpaired) electrons. The molecule has 1 N–H and O–H groups in total. The monoisotopic (exact) mass is 276 g/mol. The Labute approximate surface area is 118 Å². The van der Waals surface area contributed by atoms with Gasteiger partial charge in [0, 0.05) is 31.1 Å². The smallest absolute Gasteiger partial charge is 0.246 e. The summed E-state index contributed by atoms with van der Waals surface area (Å²) in [5.41, 5.74) is 2.12. The van der Waals surface area contributed by atoms with E-state index >= 15 is 0 Å². The highest BCUT2D eigenvalue weighted by atomic mass is 16.5. The number of nitrogens with zero attached hydrogens (tertiary/aromatic N) is 2. The highest BCUT2D eigenvalue weighted by molar-refractivity contribution is 5.89. The van der Waals surface area contributed by atoms with Crippen molar-refractivity contribution in [2.75, 3.05) is 13.1 Å². The Hall–Kier alpha value is -1.62. The summed E-state index contributed by atoms with van der Waals surface area (Å²) in [6.07, 6.45) is 5.14. The van der Waals surface area contributed by atoms with E-state index in [2.05, 4.69) is 12.1 Å². The van der Waals surface area contributed by atoms with E-state index in [4.69, 9.17) is 9.63 Å². The highest BCUT2D eigenvalue weighted by Gasteiger charge is 2.33. The third kappa shape index (κ3) is 2.63. The molecule has 1 saturated heterocycles. The summed E-state index contributed by atoms with van der Waals surface area (Å²) in [4.78, 5) is 13.9. The maximum absolute atomic E-state index is 12.1. The van der Waals surface area contributed by atoms with Crippen LogP contribution in [0.5, 0.6) is 0 Å². The fraction of sp³-hybridized carbons (Fsp3) is 0.600. The number of allylic oxidation sites excluding steroid dienone is 1. The predicted molar refractivity (Wildman–Crippen MR) is 72.8 cm³/mol. The van der Waals surface area contributed by atoms with E-state index in [-0.39, 0.29) is 18.4 Å². The van der Waals surface area contributed by atoms with Crippen LogP contribution in [-0.4, -0.2) is 34.2 Å². The van der Waals surface area contributed by atoms with Gasteiger partial charge in [0.15, 0.2) is 5.76 Å². The first-order valence-electron chi connectivity index (χ1n) is 7.20. The first kappa shape index (κ1) is 13.4. The van der Waals surface area contributed by atoms with Gasteiger partial charge in [-0.1, -0.05) is 17.7 Å². The van der Waals surface area contributed by atoms with Crippen molar-refractivity contribution in [1.82, 2.24) is 10.1 Å². The van der Waals surface area contributed by atoms with Gasteiger partial charge in [-0.05, 0) is 25.2 Å². The van der Waals surface area contributed by atoms with Gasteiger partial charge in [-0.2, -0.15) is 0 Å². The molecule has 1 saturated carbocycles. The van der Waals surface area contributed by atoms with E-state index in [9.17, 15) is 4.79 Å². The largest absolute Gasteiger partial charge is 0.388 e. The highest BCUT2D eigenvalue weighted by Crippen LogP contribution is 2.31. The lowest BCUT2D eigenvalue weighted by molar-refractivity contribution is -0.130. The normalized spacial score (nSPS) is 25.2. The number of rotatable bonds is 3. The van der Waals surface area contributed by atoms with Crippen molar-refractivity contribution in [3.05, 3.63) is 29.2 Å². The fourth-order valence-electron chi connectivity index (χ4n) is 2.92. The number of aliphatic hydroxyl groups is 1. The van der Waals surface area contributed by atoms with Gasteiger partial charge >= 0.3 is 0 Å². The molecule has 108 valence electrons. The molecule has 1 aromatic rings. The SMILES string of the molecule is CC1CC/C(=C\C(=O)N2CC(c3cc(CO)on3)C2)C1. The molecule has 1 atom stereocenters. The van der Waals surface area contributed by atoms with Gasteiger partial charge in [0.2, 0.25) is 5.91 Å². The number of likely N-dealkylation sites (tertiary alicyclic amines) is 1. The number of aromatic nitrogens is 1. The number of hydrogen-bond donors (Lipinski definition) is 1. The van der Waals surface area contributed by atoms with Crippen LogP contribution in [0, 0.1) is 5.92 Å². The van der Waals surface area contributed by atoms with E-state index < -0.39 is 0 Å². The average molecular weight is 276 g/mol. The molecule has 1 aliphatic carbocycles. The molecule has 5 nitrogen and oxygen atoms in total. The van der Waals surface area contributed by atoms with Crippen LogP contribution in [-0.2, 0) is 11.4 Å². The molecule has 20 heavy (non-hydrogen) atoms. The maximum Gasteiger partial charge on any atom is 0.246 e. The van der Waals surface area contributed by atoms with Crippen LogP contribution in [0.1, 0.15) is 43.6 Å². The van der Waals surface area contributed by atoms with Crippen LogP contribution in [0.4, 0.5) is 0 Å². The van der Waals surface area contributed by atoms with Crippen molar-refractivity contribution >= 4 is 5.91 Å². The molecule has 0 aromatic carbocycles. The van der Waals surface area contributed by atoms with E-state index in [0.29, 0.717) is 24.8 Å². The van der Waals surface area contributed by atoms with E-state index in [1.807, 2.05) is 11.0 Å². The Morgan fingerprint density at radius 3 is 3.00 bits per heavy atom. The Bertz CT molecular complexity index is 529. The molecule has 1 aliphatic heterocycles. The number of aliphatic hydroxyl groups excluding tert-OH is 1. The summed E-state index contributed by atoms with van der Waals surface area (Å²) in [7, 11) is 0. The Morgan fingerprint density at radius 2 is 2.40 bits per heavy atom. The van der Waals surface area contributed by atoms with Crippen LogP contribution in [0.3, 0.4) is 0 Å². The van der Waals surface area contributed by atoms with Crippen LogP contribution in [0.2, 0.25) is 0 Å². The third-order valence-corrected chi connectivity index (χ3v) is 4.24. The van der Waals surface area contributed by atoms with Crippen molar-refractivity contribution < 1.29 is 14.4 Å². The summed E-state index contributed by atoms with van der Waals surface area (Å²) in [6, 6.07) is 1.77. The summed E-state index contributed by atoms with van der Waals surface area (Å²) in [6.45, 7) is 3.48. The topological polar surface area (TPSA) is 66.6 Å². The predicted octanol–water partition coefficient (Wildman–Crippen LogP) is 1.84. The molecule has 2 aliphatic rings. The van der Waals surface area contributed by atoms with Gasteiger partial charge in [-0.15, -0.1) is 0 Å². The second kappa shape index (κ2) is 5.40. The molecule has 0 bridgehead atoms. The van der Waals surface area contributed by atoms with Crippen molar-refractivity contribution in [2.24, 2.45) is 5.92 Å². The van der Waals surface area contributed by atoms with Crippen LogP contribution in [0.25, 0.3) is 0 Å². The maximum atomic E-state index is 12.1. The fourth-order valence-corrected chi connectivity index (χ4v) is 2.92. The lowest BCUT2D eigenvalue weighted by Crippen LogP contribution is -2.48. The quantitative estimate of drug-likeness (QED) is 0.855. The average Bonchev–Trinajstić information content (AvgIpc) is 2.97. The first-order chi connectivity index (χ1) is 9.65. The molecule has 0 spiro atoms. The minimum absolute atomic E-state index is 0.122. The summed E-state index contributed by atoms with van der Waals surface area (Å²) >= 11 is 0. The van der Waals surface area contributed by atoms with Crippen LogP contribution >= 0.6 is 0 Å². The molecule has 1 aromatic heterocycles. The van der Waals surface area contributed by atoms with Gasteiger partial charge in [0.25, 0.3) is 0 Å². The molecule has 1 amide bonds. The molecule has 1 unspecified atom stereocenters. The van der Waals surface area contributed by atoms with Crippen LogP contribution < -0.4 is 0 Å². The molecule has 3 rings (SSSR count). The minimum atomic E-state index is -0.132. The van der Waals surface area contributed by atoms with Gasteiger partial charge in [0.05, 0.1) is 5.69 Å². The minimum Gasteiger partial charge on any atom is -0.388 e. The molecular formula is C15H20N2O3. The van der Waals surface area contributed by atoms with Gasteiger partial charge in [0.1, 0.15) is 6.61 Å². The van der Waals surface area contributed by atoms with Crippen molar-refractivity contribution in [2.45, 2.75) is 38.7 Å². The van der Waals surface area contributed by atoms with Crippen molar-refractivity contribution in [3.8, 4) is 0 Å². The number of carbonyl (C=O) groups excluding carboxylic acids is 1. The van der Waals surface area contributed by atoms with E-state index in [1.54, 1.807) is 6.07 Å². The zero-order valence-corrected chi connectivity index (χ0v) is 11.7. The first-order valence-corrected chi connectivity index (χ1v) is 7.20. The second-order valence-electron chi connectivity index (χ2n) is 5.97. The molecule has 2 fully saturated rings. The summed E-state index contributed by atoms with van der Waals surface area (Å²) in [5, 5.41) is 12.9. The Morgan fingerprint density at radius 1 is 1.60 bits per heavy atom. The zero-order chi connectivity index (χ0) is 14.1. The van der Waals surface area contributed by atoms with Crippen molar-refractivity contribution in [3.63, 3.8) is 0 Å². The Balaban J connectivity index is 1.53.